The highest BCUT2D eigenvalue weighted by Crippen LogP contribution is 2.37. The van der Waals surface area contributed by atoms with Gasteiger partial charge in [0, 0.05) is 19.5 Å². The summed E-state index contributed by atoms with van der Waals surface area (Å²) >= 11 is 12.9. The molecule has 276 valence electrons. The van der Waals surface area contributed by atoms with E-state index in [9.17, 15) is 29.3 Å². The monoisotopic (exact) mass is 764 g/mol. The predicted octanol–water partition coefficient (Wildman–Crippen LogP) is 5.52. The van der Waals surface area contributed by atoms with Crippen LogP contribution >= 0.6 is 23.2 Å². The number of nitro groups is 1. The molecule has 2 aliphatic rings. The van der Waals surface area contributed by atoms with E-state index in [0.717, 1.165) is 12.0 Å². The molecule has 4 bridgehead atoms. The molecule has 2 heterocycles. The molecule has 3 amide bonds. The van der Waals surface area contributed by atoms with Crippen LogP contribution in [-0.2, 0) is 36.8 Å². The largest absolute Gasteiger partial charge is 0.497 e. The lowest BCUT2D eigenvalue weighted by molar-refractivity contribution is -0.385. The van der Waals surface area contributed by atoms with Crippen LogP contribution < -0.4 is 24.8 Å². The fourth-order valence-electron chi connectivity index (χ4n) is 5.81. The maximum Gasteiger partial charge on any atom is 0.333 e. The summed E-state index contributed by atoms with van der Waals surface area (Å²) in [6, 6.07) is 15.5. The minimum Gasteiger partial charge on any atom is -0.497 e. The molecule has 14 nitrogen and oxygen atoms in total. The van der Waals surface area contributed by atoms with E-state index >= 15 is 0 Å². The molecule has 0 saturated heterocycles. The van der Waals surface area contributed by atoms with E-state index < -0.39 is 52.4 Å². The van der Waals surface area contributed by atoms with Gasteiger partial charge in [-0.1, -0.05) is 53.5 Å². The molecule has 0 fully saturated rings. The standard InChI is InChI=1S/C37H34Cl2N4O10/c1-42-29(35(45)41-33(37(47)52-4)22-9-11-24(50-2)12-10-22)16-21-8-13-30(28(15-21)43(48)49)53-25-7-5-6-20(14-25)17-31(44)40-32(36(42)46)23-18-26(38)34(51-3)27(39)19-23/h5-15,18-19,29,32-33H,16-17H2,1-4H3,(H,40,44)(H,41,45)/t29-,32-,33-/m1/s1. The Morgan fingerprint density at radius 1 is 0.962 bits per heavy atom. The number of ether oxygens (including phenoxy) is 4. The molecule has 3 atom stereocenters. The first-order chi connectivity index (χ1) is 25.3. The second-order valence-electron chi connectivity index (χ2n) is 11.9. The number of carbonyl (C=O) groups excluding carboxylic acids is 4. The van der Waals surface area contributed by atoms with Crippen LogP contribution in [0.3, 0.4) is 0 Å². The molecule has 0 unspecified atom stereocenters. The van der Waals surface area contributed by atoms with E-state index in [0.29, 0.717) is 16.9 Å². The number of hydrogen-bond donors (Lipinski definition) is 2. The van der Waals surface area contributed by atoms with E-state index in [4.69, 9.17) is 42.1 Å². The second-order valence-corrected chi connectivity index (χ2v) is 12.7. The van der Waals surface area contributed by atoms with Crippen molar-refractivity contribution in [3.63, 3.8) is 0 Å². The number of likely N-dealkylation sites (N-methyl/N-ethyl adjacent to an activating group) is 1. The van der Waals surface area contributed by atoms with E-state index in [2.05, 4.69) is 10.6 Å². The van der Waals surface area contributed by atoms with Gasteiger partial charge in [-0.25, -0.2) is 4.79 Å². The van der Waals surface area contributed by atoms with Gasteiger partial charge in [-0.3, -0.25) is 24.5 Å². The molecule has 0 aliphatic carbocycles. The van der Waals surface area contributed by atoms with Gasteiger partial charge < -0.3 is 34.5 Å². The first-order valence-electron chi connectivity index (χ1n) is 16.0. The van der Waals surface area contributed by atoms with E-state index in [1.807, 2.05) is 0 Å². The van der Waals surface area contributed by atoms with Crippen LogP contribution in [0.5, 0.6) is 23.0 Å². The zero-order valence-electron chi connectivity index (χ0n) is 28.9. The zero-order chi connectivity index (χ0) is 38.4. The van der Waals surface area contributed by atoms with E-state index in [-0.39, 0.29) is 51.3 Å². The number of hydrogen-bond acceptors (Lipinski definition) is 10. The minimum atomic E-state index is -1.44. The lowest BCUT2D eigenvalue weighted by Crippen LogP contribution is -2.53. The Hall–Kier alpha value is -5.86. The summed E-state index contributed by atoms with van der Waals surface area (Å²) in [5, 5.41) is 17.8. The summed E-state index contributed by atoms with van der Waals surface area (Å²) < 4.78 is 21.4. The van der Waals surface area contributed by atoms with Crippen molar-refractivity contribution in [3.8, 4) is 23.0 Å². The summed E-state index contributed by atoms with van der Waals surface area (Å²) in [6.45, 7) is 0. The fourth-order valence-corrected chi connectivity index (χ4v) is 6.47. The van der Waals surface area contributed by atoms with Crippen LogP contribution in [0.25, 0.3) is 0 Å². The quantitative estimate of drug-likeness (QED) is 0.132. The average Bonchev–Trinajstić information content (AvgIpc) is 3.14. The third-order valence-corrected chi connectivity index (χ3v) is 9.10. The topological polar surface area (TPSA) is 176 Å². The van der Waals surface area contributed by atoms with Crippen molar-refractivity contribution in [1.82, 2.24) is 15.5 Å². The van der Waals surface area contributed by atoms with Gasteiger partial charge in [-0.15, -0.1) is 0 Å². The molecule has 0 saturated carbocycles. The number of nitrogens with zero attached hydrogens (tertiary/aromatic N) is 2. The molecule has 16 heteroatoms. The number of benzene rings is 4. The molecule has 0 aromatic heterocycles. The molecule has 0 spiro atoms. The maximum absolute atomic E-state index is 14.6. The molecule has 4 aromatic carbocycles. The maximum atomic E-state index is 14.6. The van der Waals surface area contributed by atoms with Crippen LogP contribution in [0.15, 0.2) is 78.9 Å². The number of esters is 1. The Morgan fingerprint density at radius 3 is 2.28 bits per heavy atom. The average molecular weight is 766 g/mol. The Bertz CT molecular complexity index is 2040. The van der Waals surface area contributed by atoms with Crippen molar-refractivity contribution < 1.29 is 43.0 Å². The molecule has 2 aliphatic heterocycles. The number of methoxy groups -OCH3 is 3. The van der Waals surface area contributed by atoms with Crippen molar-refractivity contribution in [2.24, 2.45) is 0 Å². The number of halogens is 2. The number of carbonyl (C=O) groups is 4. The van der Waals surface area contributed by atoms with Crippen LogP contribution in [-0.4, -0.2) is 67.9 Å². The Kier molecular flexibility index (Phi) is 12.1. The highest BCUT2D eigenvalue weighted by molar-refractivity contribution is 6.37. The first-order valence-corrected chi connectivity index (χ1v) is 16.7. The Labute approximate surface area is 314 Å². The minimum absolute atomic E-state index is 0.0544. The normalized spacial score (nSPS) is 16.5. The summed E-state index contributed by atoms with van der Waals surface area (Å²) in [5.41, 5.74) is 0.869. The van der Waals surface area contributed by atoms with Crippen molar-refractivity contribution in [2.45, 2.75) is 31.0 Å². The van der Waals surface area contributed by atoms with Crippen molar-refractivity contribution in [2.75, 3.05) is 28.4 Å². The van der Waals surface area contributed by atoms with Gasteiger partial charge in [0.1, 0.15) is 23.6 Å². The van der Waals surface area contributed by atoms with Crippen LogP contribution in [0.2, 0.25) is 10.0 Å². The van der Waals surface area contributed by atoms with Crippen LogP contribution in [0.1, 0.15) is 34.3 Å². The van der Waals surface area contributed by atoms with Gasteiger partial charge in [-0.05, 0) is 64.7 Å². The molecular weight excluding hydrogens is 731 g/mol. The second kappa shape index (κ2) is 16.7. The highest BCUT2D eigenvalue weighted by atomic mass is 35.5. The van der Waals surface area contributed by atoms with Crippen LogP contribution in [0.4, 0.5) is 5.69 Å². The van der Waals surface area contributed by atoms with Crippen molar-refractivity contribution >= 4 is 52.6 Å². The number of nitrogens with one attached hydrogen (secondary N) is 2. The third-order valence-electron chi connectivity index (χ3n) is 8.54. The summed E-state index contributed by atoms with van der Waals surface area (Å²) in [7, 11) is 5.33. The van der Waals surface area contributed by atoms with Crippen molar-refractivity contribution in [1.29, 1.82) is 0 Å². The molecule has 53 heavy (non-hydrogen) atoms. The SMILES string of the molecule is COC(=O)[C@H](NC(=O)[C@H]1Cc2ccc(c([N+](=O)[O-])c2)Oc2cccc(c2)CC(=O)N[C@H](c2cc(Cl)c(OC)c(Cl)c2)C(=O)N1C)c1ccc(OC)cc1. The van der Waals surface area contributed by atoms with E-state index in [1.54, 1.807) is 48.5 Å². The van der Waals surface area contributed by atoms with Gasteiger partial charge in [0.25, 0.3) is 0 Å². The van der Waals surface area contributed by atoms with Gasteiger partial charge in [0.2, 0.25) is 23.5 Å². The summed E-state index contributed by atoms with van der Waals surface area (Å²) in [5.74, 6) is -2.21. The molecular formula is C37H34Cl2N4O10. The van der Waals surface area contributed by atoms with E-state index in [1.165, 1.54) is 51.6 Å². The number of fused-ring (bicyclic) bond motifs is 9. The molecule has 6 rings (SSSR count). The molecule has 4 aromatic rings. The van der Waals surface area contributed by atoms with Gasteiger partial charge in [0.05, 0.1) is 42.7 Å². The molecule has 2 N–H and O–H groups in total. The predicted molar refractivity (Wildman–Crippen MR) is 193 cm³/mol. The summed E-state index contributed by atoms with van der Waals surface area (Å²) in [4.78, 5) is 68.2. The zero-order valence-corrected chi connectivity index (χ0v) is 30.4. The fraction of sp³-hybridized carbons (Fsp3) is 0.243. The summed E-state index contributed by atoms with van der Waals surface area (Å²) in [6.07, 6.45) is -0.498. The Morgan fingerprint density at radius 2 is 1.66 bits per heavy atom. The number of nitro benzene ring substituents is 1. The smallest absolute Gasteiger partial charge is 0.333 e. The number of amides is 3. The van der Waals surface area contributed by atoms with Crippen LogP contribution in [0, 0.1) is 10.1 Å². The first kappa shape index (κ1) is 38.4. The van der Waals surface area contributed by atoms with Gasteiger partial charge in [0.15, 0.2) is 11.8 Å². The number of rotatable bonds is 8. The Balaban J connectivity index is 1.64. The van der Waals surface area contributed by atoms with Gasteiger partial charge in [-0.2, -0.15) is 0 Å². The lowest BCUT2D eigenvalue weighted by Gasteiger charge is -2.32. The lowest BCUT2D eigenvalue weighted by atomic mass is 9.99. The molecule has 0 radical (unpaired) electrons. The highest BCUT2D eigenvalue weighted by Gasteiger charge is 2.36. The van der Waals surface area contributed by atoms with Gasteiger partial charge >= 0.3 is 11.7 Å². The van der Waals surface area contributed by atoms with Crippen molar-refractivity contribution in [3.05, 3.63) is 121 Å². The third kappa shape index (κ3) is 8.79.